The van der Waals surface area contributed by atoms with Crippen LogP contribution in [-0.2, 0) is 12.6 Å². The summed E-state index contributed by atoms with van der Waals surface area (Å²) in [5.41, 5.74) is -0.251. The van der Waals surface area contributed by atoms with Crippen LogP contribution >= 0.6 is 11.6 Å². The summed E-state index contributed by atoms with van der Waals surface area (Å²) in [5, 5.41) is 2.35. The monoisotopic (exact) mass is 483 g/mol. The van der Waals surface area contributed by atoms with Crippen LogP contribution < -0.4 is 10.1 Å². The second kappa shape index (κ2) is 10.2. The van der Waals surface area contributed by atoms with E-state index in [4.69, 9.17) is 16.3 Å². The number of nitrogens with zero attached hydrogens (tertiary/aromatic N) is 2. The Morgan fingerprint density at radius 2 is 1.94 bits per heavy atom. The smallest absolute Gasteiger partial charge is 0.418 e. The third-order valence-electron chi connectivity index (χ3n) is 5.11. The van der Waals surface area contributed by atoms with E-state index < -0.39 is 23.6 Å². The minimum Gasteiger partial charge on any atom is -0.493 e. The summed E-state index contributed by atoms with van der Waals surface area (Å²) in [7, 11) is 0. The van der Waals surface area contributed by atoms with E-state index >= 15 is 0 Å². The van der Waals surface area contributed by atoms with Crippen molar-refractivity contribution < 1.29 is 27.1 Å². The summed E-state index contributed by atoms with van der Waals surface area (Å²) in [5.74, 6) is -1.20. The molecule has 33 heavy (non-hydrogen) atoms. The number of para-hydroxylation sites is 1. The fourth-order valence-corrected chi connectivity index (χ4v) is 3.60. The van der Waals surface area contributed by atoms with Crippen LogP contribution in [0.15, 0.2) is 48.5 Å². The molecular weight excluding hydrogens is 462 g/mol. The highest BCUT2D eigenvalue weighted by atomic mass is 35.5. The number of pyridine rings is 1. The molecule has 0 spiro atoms. The molecule has 1 N–H and O–H groups in total. The maximum atomic E-state index is 13.4. The fourth-order valence-electron chi connectivity index (χ4n) is 3.41. The van der Waals surface area contributed by atoms with Crippen molar-refractivity contribution in [2.75, 3.05) is 11.9 Å². The molecule has 1 atom stereocenters. The molecule has 3 aromatic rings. The highest BCUT2D eigenvalue weighted by molar-refractivity contribution is 6.29. The largest absolute Gasteiger partial charge is 0.493 e. The molecule has 3 rings (SSSR count). The number of halogens is 5. The molecular formula is C23H22ClF4N3O2. The van der Waals surface area contributed by atoms with Crippen LogP contribution in [0, 0.1) is 5.95 Å². The normalized spacial score (nSPS) is 12.5. The van der Waals surface area contributed by atoms with E-state index in [1.807, 2.05) is 13.8 Å². The van der Waals surface area contributed by atoms with Gasteiger partial charge in [-0.15, -0.1) is 0 Å². The lowest BCUT2D eigenvalue weighted by atomic mass is 10.1. The summed E-state index contributed by atoms with van der Waals surface area (Å²) in [6, 6.07) is 10.5. The van der Waals surface area contributed by atoms with Gasteiger partial charge in [0.05, 0.1) is 17.9 Å². The highest BCUT2D eigenvalue weighted by Gasteiger charge is 2.34. The van der Waals surface area contributed by atoms with Crippen molar-refractivity contribution in [3.63, 3.8) is 0 Å². The number of aromatic nitrogens is 2. The molecule has 2 heterocycles. The third kappa shape index (κ3) is 6.04. The first-order valence-corrected chi connectivity index (χ1v) is 10.6. The van der Waals surface area contributed by atoms with Gasteiger partial charge in [-0.2, -0.15) is 17.6 Å². The zero-order valence-electron chi connectivity index (χ0n) is 17.9. The maximum absolute atomic E-state index is 13.4. The molecule has 0 aliphatic carbocycles. The topological polar surface area (TPSA) is 56.2 Å². The summed E-state index contributed by atoms with van der Waals surface area (Å²) in [6.45, 7) is 4.01. The van der Waals surface area contributed by atoms with E-state index in [1.165, 1.54) is 24.3 Å². The summed E-state index contributed by atoms with van der Waals surface area (Å²) in [6.07, 6.45) is -3.54. The Bertz CT molecular complexity index is 1110. The molecule has 0 saturated heterocycles. The SMILES string of the molecule is CC[C@H](C)n1c(CCOc2cc(F)nc(Cl)c2)ccc1C(=O)Nc1ccccc1C(F)(F)F. The molecule has 0 unspecified atom stereocenters. The maximum Gasteiger partial charge on any atom is 0.418 e. The van der Waals surface area contributed by atoms with Crippen LogP contribution in [0.4, 0.5) is 23.2 Å². The van der Waals surface area contributed by atoms with Crippen molar-refractivity contribution in [1.29, 1.82) is 0 Å². The highest BCUT2D eigenvalue weighted by Crippen LogP contribution is 2.35. The zero-order valence-corrected chi connectivity index (χ0v) is 18.7. The molecule has 2 aromatic heterocycles. The number of ether oxygens (including phenoxy) is 1. The van der Waals surface area contributed by atoms with Crippen molar-refractivity contribution >= 4 is 23.2 Å². The number of carbonyl (C=O) groups excluding carboxylic acids is 1. The van der Waals surface area contributed by atoms with Gasteiger partial charge in [0, 0.05) is 30.3 Å². The number of rotatable bonds is 8. The molecule has 0 fully saturated rings. The number of nitrogens with one attached hydrogen (secondary N) is 1. The van der Waals surface area contributed by atoms with Crippen LogP contribution in [0.3, 0.4) is 0 Å². The molecule has 0 saturated carbocycles. The molecule has 0 aliphatic rings. The average molecular weight is 484 g/mol. The predicted molar refractivity (Wildman–Crippen MR) is 117 cm³/mol. The van der Waals surface area contributed by atoms with Crippen LogP contribution in [0.1, 0.15) is 48.1 Å². The standard InChI is InChI=1S/C23H22ClF4N3O2/c1-3-14(2)31-15(10-11-33-16-12-20(24)30-21(25)13-16)8-9-19(31)22(32)29-18-7-5-4-6-17(18)23(26,27)28/h4-9,12-14H,3,10-11H2,1-2H3,(H,29,32)/t14-/m0/s1. The predicted octanol–water partition coefficient (Wildman–Crippen LogP) is 6.54. The fraction of sp³-hybridized carbons (Fsp3) is 0.304. The van der Waals surface area contributed by atoms with Gasteiger partial charge < -0.3 is 14.6 Å². The molecule has 5 nitrogen and oxygen atoms in total. The minimum atomic E-state index is -4.60. The van der Waals surface area contributed by atoms with Crippen LogP contribution in [0.2, 0.25) is 5.15 Å². The molecule has 176 valence electrons. The van der Waals surface area contributed by atoms with Gasteiger partial charge in [0.2, 0.25) is 5.95 Å². The number of hydrogen-bond donors (Lipinski definition) is 1. The molecule has 1 amide bonds. The number of benzene rings is 1. The second-order valence-electron chi connectivity index (χ2n) is 7.38. The zero-order chi connectivity index (χ0) is 24.2. The Morgan fingerprint density at radius 3 is 2.61 bits per heavy atom. The number of anilines is 1. The van der Waals surface area contributed by atoms with Gasteiger partial charge in [0.15, 0.2) is 0 Å². The third-order valence-corrected chi connectivity index (χ3v) is 5.30. The first-order valence-electron chi connectivity index (χ1n) is 10.2. The van der Waals surface area contributed by atoms with Gasteiger partial charge in [0.1, 0.15) is 16.6 Å². The molecule has 0 bridgehead atoms. The van der Waals surface area contributed by atoms with Gasteiger partial charge >= 0.3 is 6.18 Å². The Morgan fingerprint density at radius 1 is 1.21 bits per heavy atom. The van der Waals surface area contributed by atoms with Gasteiger partial charge in [-0.1, -0.05) is 30.7 Å². The van der Waals surface area contributed by atoms with E-state index in [-0.39, 0.29) is 34.9 Å². The Labute approximate surface area is 193 Å². The van der Waals surface area contributed by atoms with Crippen molar-refractivity contribution in [2.24, 2.45) is 0 Å². The molecule has 0 radical (unpaired) electrons. The Kier molecular flexibility index (Phi) is 7.63. The van der Waals surface area contributed by atoms with Gasteiger partial charge in [-0.3, -0.25) is 4.79 Å². The van der Waals surface area contributed by atoms with Crippen molar-refractivity contribution in [2.45, 2.75) is 38.9 Å². The molecule has 0 aliphatic heterocycles. The van der Waals surface area contributed by atoms with Crippen molar-refractivity contribution in [3.8, 4) is 5.75 Å². The Balaban J connectivity index is 1.80. The van der Waals surface area contributed by atoms with Crippen molar-refractivity contribution in [1.82, 2.24) is 9.55 Å². The van der Waals surface area contributed by atoms with E-state index in [0.717, 1.165) is 17.8 Å². The number of carbonyl (C=O) groups is 1. The average Bonchev–Trinajstić information content (AvgIpc) is 3.16. The van der Waals surface area contributed by atoms with Crippen molar-refractivity contribution in [3.05, 3.63) is 76.6 Å². The molecule has 10 heteroatoms. The van der Waals surface area contributed by atoms with Gasteiger partial charge in [-0.25, -0.2) is 4.98 Å². The van der Waals surface area contributed by atoms with Crippen LogP contribution in [0.25, 0.3) is 0 Å². The number of amides is 1. The first-order chi connectivity index (χ1) is 15.6. The quantitative estimate of drug-likeness (QED) is 0.292. The van der Waals surface area contributed by atoms with E-state index in [1.54, 1.807) is 16.7 Å². The lowest BCUT2D eigenvalue weighted by Crippen LogP contribution is -2.22. The minimum absolute atomic E-state index is 0.0360. The van der Waals surface area contributed by atoms with E-state index in [2.05, 4.69) is 10.3 Å². The lowest BCUT2D eigenvalue weighted by molar-refractivity contribution is -0.136. The number of hydrogen-bond acceptors (Lipinski definition) is 3. The second-order valence-corrected chi connectivity index (χ2v) is 7.77. The van der Waals surface area contributed by atoms with Crippen LogP contribution in [-0.4, -0.2) is 22.1 Å². The summed E-state index contributed by atoms with van der Waals surface area (Å²) >= 11 is 5.73. The lowest BCUT2D eigenvalue weighted by Gasteiger charge is -2.20. The summed E-state index contributed by atoms with van der Waals surface area (Å²) < 4.78 is 60.6. The van der Waals surface area contributed by atoms with Gasteiger partial charge in [-0.05, 0) is 37.6 Å². The first kappa shape index (κ1) is 24.6. The van der Waals surface area contributed by atoms with Gasteiger partial charge in [0.25, 0.3) is 5.91 Å². The van der Waals surface area contributed by atoms with Crippen LogP contribution in [0.5, 0.6) is 5.75 Å². The van der Waals surface area contributed by atoms with E-state index in [9.17, 15) is 22.4 Å². The summed E-state index contributed by atoms with van der Waals surface area (Å²) in [4.78, 5) is 16.4. The molecule has 1 aromatic carbocycles. The number of alkyl halides is 3. The Hall–Kier alpha value is -3.07. The van der Waals surface area contributed by atoms with E-state index in [0.29, 0.717) is 12.8 Å².